The van der Waals surface area contributed by atoms with Crippen molar-refractivity contribution < 1.29 is 14.3 Å². The van der Waals surface area contributed by atoms with Gasteiger partial charge in [-0.05, 0) is 53.1 Å². The Bertz CT molecular complexity index is 1560. The van der Waals surface area contributed by atoms with Crippen LogP contribution in [0.1, 0.15) is 29.7 Å². The number of methoxy groups -OCH3 is 1. The first-order valence-electron chi connectivity index (χ1n) is 11.1. The minimum absolute atomic E-state index is 0.199. The van der Waals surface area contributed by atoms with E-state index in [0.29, 0.717) is 26.4 Å². The van der Waals surface area contributed by atoms with Crippen LogP contribution in [0, 0.1) is 0 Å². The van der Waals surface area contributed by atoms with Gasteiger partial charge in [0.1, 0.15) is 5.75 Å². The minimum Gasteiger partial charge on any atom is -0.497 e. The fourth-order valence-electron chi connectivity index (χ4n) is 4.05. The summed E-state index contributed by atoms with van der Waals surface area (Å²) >= 11 is 2.88. The van der Waals surface area contributed by atoms with E-state index in [4.69, 9.17) is 14.5 Å². The van der Waals surface area contributed by atoms with Gasteiger partial charge in [-0.2, -0.15) is 11.3 Å². The summed E-state index contributed by atoms with van der Waals surface area (Å²) in [5, 5.41) is 3.95. The van der Waals surface area contributed by atoms with Gasteiger partial charge in [-0.3, -0.25) is 9.36 Å². The van der Waals surface area contributed by atoms with Crippen molar-refractivity contribution in [3.05, 3.63) is 113 Å². The molecule has 5 rings (SSSR count). The van der Waals surface area contributed by atoms with E-state index in [1.165, 1.54) is 11.3 Å². The number of ether oxygens (including phenoxy) is 2. The maximum absolute atomic E-state index is 13.7. The number of thiazole rings is 1. The monoisotopic (exact) mass is 502 g/mol. The van der Waals surface area contributed by atoms with Gasteiger partial charge in [0.05, 0.1) is 35.6 Å². The molecule has 0 radical (unpaired) electrons. The highest BCUT2D eigenvalue weighted by molar-refractivity contribution is 7.08. The molecule has 4 aromatic rings. The first-order valence-corrected chi connectivity index (χ1v) is 12.8. The molecule has 0 unspecified atom stereocenters. The van der Waals surface area contributed by atoms with E-state index in [2.05, 4.69) is 0 Å². The van der Waals surface area contributed by atoms with Crippen molar-refractivity contribution in [3.8, 4) is 5.75 Å². The zero-order valence-corrected chi connectivity index (χ0v) is 20.8. The standard InChI is InChI=1S/C27H22N2O4S2/c1-3-33-26(31)22-23(18-7-5-4-6-8-18)28-27-29(24(22)19-9-11-20(32-2)12-10-19)25(30)21(35-27)15-17-13-14-34-16-17/h4-16,24H,3H2,1-2H3/b21-15-/t24-/m1/s1. The molecule has 1 aliphatic heterocycles. The number of aromatic nitrogens is 1. The highest BCUT2D eigenvalue weighted by atomic mass is 32.1. The number of carbonyl (C=O) groups is 1. The van der Waals surface area contributed by atoms with Crippen LogP contribution in [0.2, 0.25) is 0 Å². The molecule has 176 valence electrons. The summed E-state index contributed by atoms with van der Waals surface area (Å²) in [4.78, 5) is 32.5. The van der Waals surface area contributed by atoms with Crippen molar-refractivity contribution in [2.75, 3.05) is 13.7 Å². The third kappa shape index (κ3) is 4.38. The fraction of sp³-hybridized carbons (Fsp3) is 0.148. The largest absolute Gasteiger partial charge is 0.497 e. The number of hydrogen-bond acceptors (Lipinski definition) is 7. The van der Waals surface area contributed by atoms with Gasteiger partial charge in [0, 0.05) is 5.56 Å². The lowest BCUT2D eigenvalue weighted by Gasteiger charge is -2.26. The molecule has 0 spiro atoms. The summed E-state index contributed by atoms with van der Waals surface area (Å²) < 4.78 is 13.0. The average Bonchev–Trinajstić information content (AvgIpc) is 3.51. The summed E-state index contributed by atoms with van der Waals surface area (Å²) in [5.74, 6) is 0.187. The molecule has 2 aromatic carbocycles. The Morgan fingerprint density at radius 2 is 1.89 bits per heavy atom. The van der Waals surface area contributed by atoms with E-state index in [0.717, 1.165) is 16.7 Å². The van der Waals surface area contributed by atoms with Crippen LogP contribution in [0.15, 0.2) is 86.8 Å². The summed E-state index contributed by atoms with van der Waals surface area (Å²) in [6, 6.07) is 18.2. The lowest BCUT2D eigenvalue weighted by atomic mass is 9.93. The van der Waals surface area contributed by atoms with Crippen LogP contribution >= 0.6 is 22.7 Å². The van der Waals surface area contributed by atoms with Gasteiger partial charge in [0.15, 0.2) is 4.80 Å². The molecular weight excluding hydrogens is 480 g/mol. The molecule has 0 saturated carbocycles. The molecule has 1 atom stereocenters. The molecule has 0 saturated heterocycles. The zero-order chi connectivity index (χ0) is 24.4. The predicted molar refractivity (Wildman–Crippen MR) is 138 cm³/mol. The maximum Gasteiger partial charge on any atom is 0.338 e. The van der Waals surface area contributed by atoms with Gasteiger partial charge in [0.25, 0.3) is 5.56 Å². The van der Waals surface area contributed by atoms with Gasteiger partial charge in [-0.25, -0.2) is 9.79 Å². The van der Waals surface area contributed by atoms with E-state index < -0.39 is 12.0 Å². The van der Waals surface area contributed by atoms with Crippen LogP contribution in [0.3, 0.4) is 0 Å². The summed E-state index contributed by atoms with van der Waals surface area (Å²) in [6.45, 7) is 1.97. The highest BCUT2D eigenvalue weighted by Crippen LogP contribution is 2.35. The van der Waals surface area contributed by atoms with Gasteiger partial charge in [0.2, 0.25) is 0 Å². The number of benzene rings is 2. The van der Waals surface area contributed by atoms with Crippen molar-refractivity contribution in [1.29, 1.82) is 0 Å². The lowest BCUT2D eigenvalue weighted by Crippen LogP contribution is -2.40. The second-order valence-electron chi connectivity index (χ2n) is 7.76. The number of hydrogen-bond donors (Lipinski definition) is 0. The van der Waals surface area contributed by atoms with Crippen molar-refractivity contribution in [2.45, 2.75) is 13.0 Å². The van der Waals surface area contributed by atoms with Crippen LogP contribution in [-0.2, 0) is 9.53 Å². The van der Waals surface area contributed by atoms with Crippen LogP contribution in [0.4, 0.5) is 0 Å². The first kappa shape index (κ1) is 23.0. The van der Waals surface area contributed by atoms with E-state index >= 15 is 0 Å². The smallest absolute Gasteiger partial charge is 0.338 e. The SMILES string of the molecule is CCOC(=O)C1=C(c2ccccc2)N=c2s/c(=C\c3ccsc3)c(=O)n2[C@@H]1c1ccc(OC)cc1. The summed E-state index contributed by atoms with van der Waals surface area (Å²) in [6.07, 6.45) is 1.86. The number of esters is 1. The van der Waals surface area contributed by atoms with Gasteiger partial charge < -0.3 is 9.47 Å². The van der Waals surface area contributed by atoms with Crippen LogP contribution in [-0.4, -0.2) is 24.3 Å². The number of fused-ring (bicyclic) bond motifs is 1. The summed E-state index contributed by atoms with van der Waals surface area (Å²) in [5.41, 5.74) is 3.14. The van der Waals surface area contributed by atoms with Gasteiger partial charge in [-0.15, -0.1) is 0 Å². The molecule has 0 amide bonds. The topological polar surface area (TPSA) is 69.9 Å². The van der Waals surface area contributed by atoms with Crippen molar-refractivity contribution in [3.63, 3.8) is 0 Å². The molecule has 1 aliphatic rings. The number of rotatable bonds is 6. The number of nitrogens with zero attached hydrogens (tertiary/aromatic N) is 2. The maximum atomic E-state index is 13.7. The Morgan fingerprint density at radius 1 is 1.11 bits per heavy atom. The molecule has 0 aliphatic carbocycles. The Balaban J connectivity index is 1.83. The first-order chi connectivity index (χ1) is 17.1. The Morgan fingerprint density at radius 3 is 2.54 bits per heavy atom. The average molecular weight is 503 g/mol. The van der Waals surface area contributed by atoms with Crippen molar-refractivity contribution in [1.82, 2.24) is 4.57 Å². The summed E-state index contributed by atoms with van der Waals surface area (Å²) in [7, 11) is 1.60. The van der Waals surface area contributed by atoms with Gasteiger partial charge in [-0.1, -0.05) is 53.8 Å². The third-order valence-corrected chi connectivity index (χ3v) is 7.33. The zero-order valence-electron chi connectivity index (χ0n) is 19.1. The number of carbonyl (C=O) groups excluding carboxylic acids is 1. The predicted octanol–water partition coefficient (Wildman–Crippen LogP) is 4.01. The highest BCUT2D eigenvalue weighted by Gasteiger charge is 2.35. The Labute approximate surface area is 209 Å². The lowest BCUT2D eigenvalue weighted by molar-refractivity contribution is -0.138. The van der Waals surface area contributed by atoms with E-state index in [1.54, 1.807) is 29.9 Å². The van der Waals surface area contributed by atoms with E-state index in [9.17, 15) is 9.59 Å². The molecule has 6 nitrogen and oxygen atoms in total. The Hall–Kier alpha value is -3.75. The van der Waals surface area contributed by atoms with Crippen LogP contribution in [0.5, 0.6) is 5.75 Å². The van der Waals surface area contributed by atoms with E-state index in [-0.39, 0.29) is 12.2 Å². The molecule has 0 bridgehead atoms. The van der Waals surface area contributed by atoms with E-state index in [1.807, 2.05) is 77.5 Å². The molecular formula is C27H22N2O4S2. The van der Waals surface area contributed by atoms with Crippen molar-refractivity contribution in [2.24, 2.45) is 4.99 Å². The molecule has 0 N–H and O–H groups in total. The molecule has 8 heteroatoms. The molecule has 0 fully saturated rings. The van der Waals surface area contributed by atoms with Gasteiger partial charge >= 0.3 is 5.97 Å². The van der Waals surface area contributed by atoms with Crippen LogP contribution in [0.25, 0.3) is 11.8 Å². The molecule has 3 heterocycles. The van der Waals surface area contributed by atoms with Crippen LogP contribution < -0.4 is 19.6 Å². The minimum atomic E-state index is -0.698. The Kier molecular flexibility index (Phi) is 6.48. The molecule has 2 aromatic heterocycles. The second kappa shape index (κ2) is 9.85. The second-order valence-corrected chi connectivity index (χ2v) is 9.55. The molecule has 35 heavy (non-hydrogen) atoms. The third-order valence-electron chi connectivity index (χ3n) is 5.65. The van der Waals surface area contributed by atoms with Crippen molar-refractivity contribution >= 4 is 40.4 Å². The normalized spacial score (nSPS) is 15.5. The quantitative estimate of drug-likeness (QED) is 0.374. The fourth-order valence-corrected chi connectivity index (χ4v) is 5.67. The number of thiophene rings is 1.